The summed E-state index contributed by atoms with van der Waals surface area (Å²) in [6.07, 6.45) is 1.57. The second-order valence-electron chi connectivity index (χ2n) is 1.81. The zero-order valence-corrected chi connectivity index (χ0v) is 4.86. The molecule has 0 rings (SSSR count). The van der Waals surface area contributed by atoms with Gasteiger partial charge in [0.2, 0.25) is 0 Å². The molecule has 0 spiro atoms. The lowest BCUT2D eigenvalue weighted by Crippen LogP contribution is -1.99. The Hall–Kier alpha value is -0.590. The van der Waals surface area contributed by atoms with Gasteiger partial charge < -0.3 is 5.41 Å². The van der Waals surface area contributed by atoms with Crippen LogP contribution in [-0.4, -0.2) is 5.71 Å². The molecule has 0 saturated heterocycles. The number of rotatable bonds is 2. The molecule has 0 aliphatic rings. The Morgan fingerprint density at radius 3 is 2.14 bits per heavy atom. The Labute approximate surface area is 44.6 Å². The first-order valence-corrected chi connectivity index (χ1v) is 2.39. The van der Waals surface area contributed by atoms with E-state index >= 15 is 0 Å². The van der Waals surface area contributed by atoms with Gasteiger partial charge in [-0.3, -0.25) is 0 Å². The number of hydrogen-bond acceptors (Lipinski definition) is 1. The van der Waals surface area contributed by atoms with Crippen molar-refractivity contribution >= 4 is 5.71 Å². The van der Waals surface area contributed by atoms with Gasteiger partial charge in [0, 0.05) is 5.71 Å². The highest BCUT2D eigenvalue weighted by molar-refractivity contribution is 5.93. The van der Waals surface area contributed by atoms with Crippen LogP contribution >= 0.6 is 0 Å². The van der Waals surface area contributed by atoms with Crippen LogP contribution in [-0.2, 0) is 0 Å². The van der Waals surface area contributed by atoms with E-state index in [0.29, 0.717) is 11.6 Å². The van der Waals surface area contributed by atoms with E-state index in [1.807, 2.05) is 13.8 Å². The second-order valence-corrected chi connectivity index (χ2v) is 1.81. The molecular formula is C6H11N. The Kier molecular flexibility index (Phi) is 2.34. The van der Waals surface area contributed by atoms with Crippen LogP contribution in [0, 0.1) is 11.3 Å². The number of allylic oxidation sites excluding steroid dienone is 1. The molecule has 0 amide bonds. The van der Waals surface area contributed by atoms with Crippen molar-refractivity contribution in [2.24, 2.45) is 5.92 Å². The van der Waals surface area contributed by atoms with E-state index < -0.39 is 0 Å². The minimum Gasteiger partial charge on any atom is -0.305 e. The molecule has 0 bridgehead atoms. The molecule has 1 N–H and O–H groups in total. The van der Waals surface area contributed by atoms with E-state index in [1.165, 1.54) is 0 Å². The van der Waals surface area contributed by atoms with Gasteiger partial charge in [-0.25, -0.2) is 0 Å². The van der Waals surface area contributed by atoms with E-state index in [9.17, 15) is 0 Å². The zero-order valence-electron chi connectivity index (χ0n) is 4.86. The summed E-state index contributed by atoms with van der Waals surface area (Å²) in [5.41, 5.74) is 0.611. The first kappa shape index (κ1) is 6.41. The van der Waals surface area contributed by atoms with Crippen LogP contribution in [0.1, 0.15) is 13.8 Å². The van der Waals surface area contributed by atoms with Crippen molar-refractivity contribution in [3.8, 4) is 0 Å². The molecule has 0 aliphatic carbocycles. The normalized spacial score (nSPS) is 9.00. The van der Waals surface area contributed by atoms with Crippen molar-refractivity contribution in [2.75, 3.05) is 0 Å². The fourth-order valence-electron chi connectivity index (χ4n) is 0.236. The van der Waals surface area contributed by atoms with E-state index in [0.717, 1.165) is 0 Å². The van der Waals surface area contributed by atoms with Crippen LogP contribution < -0.4 is 0 Å². The van der Waals surface area contributed by atoms with E-state index in [1.54, 1.807) is 6.08 Å². The molecule has 40 valence electrons. The second kappa shape index (κ2) is 2.56. The summed E-state index contributed by atoms with van der Waals surface area (Å²) >= 11 is 0. The van der Waals surface area contributed by atoms with Crippen molar-refractivity contribution in [3.63, 3.8) is 0 Å². The maximum Gasteiger partial charge on any atom is 0.0333 e. The SMILES string of the molecule is C=CC(=N)C(C)C. The van der Waals surface area contributed by atoms with Crippen molar-refractivity contribution in [1.29, 1.82) is 5.41 Å². The Balaban J connectivity index is 3.56. The molecule has 0 radical (unpaired) electrons. The smallest absolute Gasteiger partial charge is 0.0333 e. The Morgan fingerprint density at radius 1 is 1.71 bits per heavy atom. The molecular weight excluding hydrogens is 86.1 g/mol. The van der Waals surface area contributed by atoms with Crippen LogP contribution in [0.15, 0.2) is 12.7 Å². The fraction of sp³-hybridized carbons (Fsp3) is 0.500. The molecule has 0 aromatic heterocycles. The van der Waals surface area contributed by atoms with Crippen molar-refractivity contribution < 1.29 is 0 Å². The Bertz CT molecular complexity index is 82.2. The molecule has 0 unspecified atom stereocenters. The topological polar surface area (TPSA) is 23.9 Å². The fourth-order valence-corrected chi connectivity index (χ4v) is 0.236. The lowest BCUT2D eigenvalue weighted by atomic mass is 10.1. The third kappa shape index (κ3) is 2.15. The summed E-state index contributed by atoms with van der Waals surface area (Å²) in [5, 5.41) is 7.07. The molecule has 0 fully saturated rings. The van der Waals surface area contributed by atoms with Crippen molar-refractivity contribution in [3.05, 3.63) is 12.7 Å². The summed E-state index contributed by atoms with van der Waals surface area (Å²) in [6, 6.07) is 0. The van der Waals surface area contributed by atoms with Crippen LogP contribution in [0.5, 0.6) is 0 Å². The largest absolute Gasteiger partial charge is 0.305 e. The highest BCUT2D eigenvalue weighted by atomic mass is 14.4. The van der Waals surface area contributed by atoms with E-state index in [4.69, 9.17) is 5.41 Å². The monoisotopic (exact) mass is 97.1 g/mol. The summed E-state index contributed by atoms with van der Waals surface area (Å²) in [4.78, 5) is 0. The zero-order chi connectivity index (χ0) is 5.86. The quantitative estimate of drug-likeness (QED) is 0.508. The molecule has 0 saturated carbocycles. The molecule has 0 heterocycles. The lowest BCUT2D eigenvalue weighted by molar-refractivity contribution is 0.882. The predicted molar refractivity (Wildman–Crippen MR) is 32.8 cm³/mol. The third-order valence-electron chi connectivity index (χ3n) is 0.842. The van der Waals surface area contributed by atoms with Gasteiger partial charge >= 0.3 is 0 Å². The van der Waals surface area contributed by atoms with Gasteiger partial charge in [0.15, 0.2) is 0 Å². The summed E-state index contributed by atoms with van der Waals surface area (Å²) in [5.74, 6) is 0.331. The van der Waals surface area contributed by atoms with Crippen LogP contribution in [0.2, 0.25) is 0 Å². The molecule has 0 aliphatic heterocycles. The first-order chi connectivity index (χ1) is 3.18. The summed E-state index contributed by atoms with van der Waals surface area (Å²) in [6.45, 7) is 7.41. The average Bonchev–Trinajstić information content (AvgIpc) is 1.65. The predicted octanol–water partition coefficient (Wildman–Crippen LogP) is 1.85. The lowest BCUT2D eigenvalue weighted by Gasteiger charge is -1.97. The van der Waals surface area contributed by atoms with Crippen molar-refractivity contribution in [2.45, 2.75) is 13.8 Å². The van der Waals surface area contributed by atoms with E-state index in [2.05, 4.69) is 6.58 Å². The first-order valence-electron chi connectivity index (χ1n) is 2.39. The van der Waals surface area contributed by atoms with Gasteiger partial charge in [-0.05, 0) is 12.0 Å². The number of hydrogen-bond donors (Lipinski definition) is 1. The van der Waals surface area contributed by atoms with Crippen LogP contribution in [0.3, 0.4) is 0 Å². The molecule has 0 aromatic carbocycles. The minimum absolute atomic E-state index is 0.331. The summed E-state index contributed by atoms with van der Waals surface area (Å²) < 4.78 is 0. The molecule has 1 heteroatoms. The Morgan fingerprint density at radius 2 is 2.14 bits per heavy atom. The molecule has 7 heavy (non-hydrogen) atoms. The third-order valence-corrected chi connectivity index (χ3v) is 0.842. The minimum atomic E-state index is 0.331. The standard InChI is InChI=1S/C6H11N/c1-4-6(7)5(2)3/h4-5,7H,1H2,2-3H3. The molecule has 0 atom stereocenters. The molecule has 1 nitrogen and oxygen atoms in total. The maximum atomic E-state index is 7.07. The van der Waals surface area contributed by atoms with Gasteiger partial charge in [0.05, 0.1) is 0 Å². The van der Waals surface area contributed by atoms with Crippen LogP contribution in [0.4, 0.5) is 0 Å². The van der Waals surface area contributed by atoms with Gasteiger partial charge in [0.1, 0.15) is 0 Å². The van der Waals surface area contributed by atoms with Gasteiger partial charge in [-0.15, -0.1) is 0 Å². The number of nitrogens with one attached hydrogen (secondary N) is 1. The van der Waals surface area contributed by atoms with Gasteiger partial charge in [-0.2, -0.15) is 0 Å². The average molecular weight is 97.2 g/mol. The van der Waals surface area contributed by atoms with Gasteiger partial charge in [0.25, 0.3) is 0 Å². The van der Waals surface area contributed by atoms with E-state index in [-0.39, 0.29) is 0 Å². The maximum absolute atomic E-state index is 7.07. The van der Waals surface area contributed by atoms with Gasteiger partial charge in [-0.1, -0.05) is 20.4 Å². The van der Waals surface area contributed by atoms with Crippen LogP contribution in [0.25, 0.3) is 0 Å². The summed E-state index contributed by atoms with van der Waals surface area (Å²) in [7, 11) is 0. The molecule has 0 aromatic rings. The van der Waals surface area contributed by atoms with Crippen molar-refractivity contribution in [1.82, 2.24) is 0 Å². The highest BCUT2D eigenvalue weighted by Gasteiger charge is 1.93. The highest BCUT2D eigenvalue weighted by Crippen LogP contribution is 1.92.